The summed E-state index contributed by atoms with van der Waals surface area (Å²) in [6.07, 6.45) is 1.13. The van der Waals surface area contributed by atoms with Crippen LogP contribution in [0.25, 0.3) is 0 Å². The number of benzene rings is 1. The Bertz CT molecular complexity index is 379. The van der Waals surface area contributed by atoms with Gasteiger partial charge in [0.15, 0.2) is 0 Å². The number of nitrogens with one attached hydrogen (secondary N) is 1. The van der Waals surface area contributed by atoms with Gasteiger partial charge in [0.2, 0.25) is 0 Å². The van der Waals surface area contributed by atoms with Crippen LogP contribution in [0.5, 0.6) is 5.75 Å². The largest absolute Gasteiger partial charge is 0.496 e. The summed E-state index contributed by atoms with van der Waals surface area (Å²) < 4.78 is 11.4. The van der Waals surface area contributed by atoms with Crippen LogP contribution in [0.2, 0.25) is 0 Å². The lowest BCUT2D eigenvalue weighted by Crippen LogP contribution is -2.45. The minimum absolute atomic E-state index is 0.213. The minimum atomic E-state index is 0.213. The van der Waals surface area contributed by atoms with Crippen LogP contribution < -0.4 is 10.1 Å². The van der Waals surface area contributed by atoms with E-state index in [1.165, 1.54) is 5.56 Å². The summed E-state index contributed by atoms with van der Waals surface area (Å²) in [6.45, 7) is 10.3. The average molecular weight is 279 g/mol. The first-order chi connectivity index (χ1) is 9.63. The average Bonchev–Trinajstić information content (AvgIpc) is 2.44. The van der Waals surface area contributed by atoms with Gasteiger partial charge >= 0.3 is 0 Å². The zero-order valence-electron chi connectivity index (χ0n) is 13.5. The topological polar surface area (TPSA) is 30.5 Å². The molecular formula is C17H29NO2. The van der Waals surface area contributed by atoms with E-state index in [4.69, 9.17) is 9.47 Å². The van der Waals surface area contributed by atoms with Crippen LogP contribution in [0.15, 0.2) is 24.3 Å². The van der Waals surface area contributed by atoms with Crippen LogP contribution in [0, 0.1) is 5.92 Å². The van der Waals surface area contributed by atoms with E-state index in [1.54, 1.807) is 7.11 Å². The smallest absolute Gasteiger partial charge is 0.122 e. The Morgan fingerprint density at radius 1 is 1.15 bits per heavy atom. The van der Waals surface area contributed by atoms with Gasteiger partial charge in [-0.15, -0.1) is 0 Å². The predicted molar refractivity (Wildman–Crippen MR) is 84.4 cm³/mol. The maximum Gasteiger partial charge on any atom is 0.122 e. The number of para-hydroxylation sites is 1. The molecule has 3 nitrogen and oxygen atoms in total. The van der Waals surface area contributed by atoms with Gasteiger partial charge in [-0.2, -0.15) is 0 Å². The second kappa shape index (κ2) is 8.98. The van der Waals surface area contributed by atoms with Gasteiger partial charge in [0, 0.05) is 12.6 Å². The first kappa shape index (κ1) is 17.0. The Hall–Kier alpha value is -1.06. The highest BCUT2D eigenvalue weighted by molar-refractivity contribution is 5.34. The molecule has 0 fully saturated rings. The van der Waals surface area contributed by atoms with Gasteiger partial charge in [-0.3, -0.25) is 0 Å². The highest BCUT2D eigenvalue weighted by Crippen LogP contribution is 2.22. The molecule has 20 heavy (non-hydrogen) atoms. The van der Waals surface area contributed by atoms with E-state index in [-0.39, 0.29) is 6.10 Å². The van der Waals surface area contributed by atoms with Gasteiger partial charge < -0.3 is 14.8 Å². The molecule has 0 heterocycles. The van der Waals surface area contributed by atoms with Crippen molar-refractivity contribution in [2.75, 3.05) is 20.3 Å². The summed E-state index contributed by atoms with van der Waals surface area (Å²) in [5.74, 6) is 1.43. The van der Waals surface area contributed by atoms with Gasteiger partial charge in [-0.05, 0) is 37.4 Å². The standard InChI is InChI=1S/C17H29NO2/c1-6-18-15(17(13(3)4)20-7-2)12-14-10-8-9-11-16(14)19-5/h8-11,13,15,17-18H,6-7,12H2,1-5H3. The Morgan fingerprint density at radius 3 is 2.40 bits per heavy atom. The lowest BCUT2D eigenvalue weighted by molar-refractivity contribution is 0.00385. The third kappa shape index (κ3) is 4.80. The third-order valence-corrected chi connectivity index (χ3v) is 3.51. The van der Waals surface area contributed by atoms with E-state index >= 15 is 0 Å². The highest BCUT2D eigenvalue weighted by atomic mass is 16.5. The molecule has 2 atom stereocenters. The first-order valence-corrected chi connectivity index (χ1v) is 7.60. The van der Waals surface area contributed by atoms with E-state index in [0.29, 0.717) is 12.0 Å². The fraction of sp³-hybridized carbons (Fsp3) is 0.647. The van der Waals surface area contributed by atoms with Crippen molar-refractivity contribution in [3.8, 4) is 5.75 Å². The molecule has 2 unspecified atom stereocenters. The van der Waals surface area contributed by atoms with E-state index < -0.39 is 0 Å². The predicted octanol–water partition coefficient (Wildman–Crippen LogP) is 3.28. The van der Waals surface area contributed by atoms with Crippen molar-refractivity contribution < 1.29 is 9.47 Å². The molecule has 0 amide bonds. The Balaban J connectivity index is 2.89. The van der Waals surface area contributed by atoms with Crippen molar-refractivity contribution in [3.63, 3.8) is 0 Å². The second-order valence-electron chi connectivity index (χ2n) is 5.34. The number of hydrogen-bond acceptors (Lipinski definition) is 3. The van der Waals surface area contributed by atoms with Gasteiger partial charge in [-0.25, -0.2) is 0 Å². The van der Waals surface area contributed by atoms with Crippen molar-refractivity contribution in [3.05, 3.63) is 29.8 Å². The molecule has 0 aliphatic rings. The van der Waals surface area contributed by atoms with Crippen molar-refractivity contribution in [2.24, 2.45) is 5.92 Å². The number of hydrogen-bond donors (Lipinski definition) is 1. The Labute approximate surface area is 123 Å². The maximum absolute atomic E-state index is 5.96. The normalized spacial score (nSPS) is 14.3. The zero-order chi connectivity index (χ0) is 15.0. The summed E-state index contributed by atoms with van der Waals surface area (Å²) in [7, 11) is 1.73. The zero-order valence-corrected chi connectivity index (χ0v) is 13.5. The molecular weight excluding hydrogens is 250 g/mol. The number of likely N-dealkylation sites (N-methyl/N-ethyl adjacent to an activating group) is 1. The molecule has 1 aromatic carbocycles. The van der Waals surface area contributed by atoms with E-state index in [1.807, 2.05) is 12.1 Å². The number of methoxy groups -OCH3 is 1. The molecule has 0 saturated heterocycles. The molecule has 0 aliphatic carbocycles. The summed E-state index contributed by atoms with van der Waals surface area (Å²) in [5.41, 5.74) is 1.23. The van der Waals surface area contributed by atoms with Crippen molar-refractivity contribution >= 4 is 0 Å². The molecule has 0 aliphatic heterocycles. The van der Waals surface area contributed by atoms with E-state index in [0.717, 1.165) is 25.3 Å². The Morgan fingerprint density at radius 2 is 1.85 bits per heavy atom. The molecule has 0 saturated carbocycles. The van der Waals surface area contributed by atoms with Crippen LogP contribution in [-0.4, -0.2) is 32.4 Å². The van der Waals surface area contributed by atoms with Gasteiger partial charge in [0.05, 0.1) is 13.2 Å². The van der Waals surface area contributed by atoms with Crippen molar-refractivity contribution in [1.29, 1.82) is 0 Å². The van der Waals surface area contributed by atoms with E-state index in [2.05, 4.69) is 45.1 Å². The molecule has 1 N–H and O–H groups in total. The van der Waals surface area contributed by atoms with Gasteiger partial charge in [0.1, 0.15) is 5.75 Å². The Kier molecular flexibility index (Phi) is 7.63. The summed E-state index contributed by atoms with van der Waals surface area (Å²) >= 11 is 0. The molecule has 0 aromatic heterocycles. The molecule has 114 valence electrons. The molecule has 0 radical (unpaired) electrons. The first-order valence-electron chi connectivity index (χ1n) is 7.60. The fourth-order valence-corrected chi connectivity index (χ4v) is 2.64. The van der Waals surface area contributed by atoms with Crippen LogP contribution >= 0.6 is 0 Å². The van der Waals surface area contributed by atoms with Gasteiger partial charge in [0.25, 0.3) is 0 Å². The van der Waals surface area contributed by atoms with E-state index in [9.17, 15) is 0 Å². The number of ether oxygens (including phenoxy) is 2. The summed E-state index contributed by atoms with van der Waals surface area (Å²) in [5, 5.41) is 3.57. The van der Waals surface area contributed by atoms with Crippen molar-refractivity contribution in [2.45, 2.75) is 46.3 Å². The van der Waals surface area contributed by atoms with Crippen LogP contribution in [0.3, 0.4) is 0 Å². The van der Waals surface area contributed by atoms with Crippen LogP contribution in [-0.2, 0) is 11.2 Å². The fourth-order valence-electron chi connectivity index (χ4n) is 2.64. The summed E-state index contributed by atoms with van der Waals surface area (Å²) in [6, 6.07) is 8.52. The van der Waals surface area contributed by atoms with Gasteiger partial charge in [-0.1, -0.05) is 39.0 Å². The highest BCUT2D eigenvalue weighted by Gasteiger charge is 2.25. The quantitative estimate of drug-likeness (QED) is 0.752. The molecule has 0 bridgehead atoms. The monoisotopic (exact) mass is 279 g/mol. The number of rotatable bonds is 9. The lowest BCUT2D eigenvalue weighted by Gasteiger charge is -2.31. The van der Waals surface area contributed by atoms with Crippen LogP contribution in [0.4, 0.5) is 0 Å². The second-order valence-corrected chi connectivity index (χ2v) is 5.34. The van der Waals surface area contributed by atoms with Crippen LogP contribution in [0.1, 0.15) is 33.3 Å². The van der Waals surface area contributed by atoms with Crippen molar-refractivity contribution in [1.82, 2.24) is 5.32 Å². The lowest BCUT2D eigenvalue weighted by atomic mass is 9.93. The molecule has 3 heteroatoms. The minimum Gasteiger partial charge on any atom is -0.496 e. The summed E-state index contributed by atoms with van der Waals surface area (Å²) in [4.78, 5) is 0. The SMILES string of the molecule is CCNC(Cc1ccccc1OC)C(OCC)C(C)C. The molecule has 1 aromatic rings. The maximum atomic E-state index is 5.96. The molecule has 1 rings (SSSR count). The molecule has 0 spiro atoms. The third-order valence-electron chi connectivity index (χ3n) is 3.51.